The number of fused-ring (bicyclic) bond motifs is 5. The summed E-state index contributed by atoms with van der Waals surface area (Å²) in [6.45, 7) is 4.10. The van der Waals surface area contributed by atoms with Crippen LogP contribution in [-0.4, -0.2) is 17.2 Å². The van der Waals surface area contributed by atoms with Crippen LogP contribution in [0.5, 0.6) is 5.75 Å². The third kappa shape index (κ3) is 14.0. The van der Waals surface area contributed by atoms with Gasteiger partial charge in [0.15, 0.2) is 0 Å². The highest BCUT2D eigenvalue weighted by Crippen LogP contribution is 2.61. The lowest BCUT2D eigenvalue weighted by Crippen LogP contribution is -2.45. The van der Waals surface area contributed by atoms with Crippen molar-refractivity contribution in [2.75, 3.05) is 0 Å². The molecular weight excluding hydrogens is 693 g/mol. The minimum Gasteiger partial charge on any atom is -0.508 e. The van der Waals surface area contributed by atoms with Crippen LogP contribution in [0.1, 0.15) is 124 Å². The Morgan fingerprint density at radius 1 is 0.750 bits per heavy atom. The van der Waals surface area contributed by atoms with Crippen molar-refractivity contribution in [1.29, 1.82) is 0 Å². The first-order valence-electron chi connectivity index (χ1n) is 18.5. The number of ether oxygens (including phenoxy) is 1. The predicted octanol–water partition coefficient (Wildman–Crippen LogP) is 10.8. The number of phenols is 1. The molecule has 4 aliphatic rings. The summed E-state index contributed by atoms with van der Waals surface area (Å²) in [6.07, 6.45) is 18.8. The van der Waals surface area contributed by atoms with E-state index in [4.69, 9.17) is 21.1 Å². The van der Waals surface area contributed by atoms with E-state index in [0.29, 0.717) is 29.9 Å². The fourth-order valence-electron chi connectivity index (χ4n) is 8.25. The number of carbonyl (C=O) groups is 1. The average Bonchev–Trinajstić information content (AvgIpc) is 3.86. The van der Waals surface area contributed by atoms with Crippen LogP contribution in [-0.2, 0) is 16.0 Å². The number of hydrogen-bond acceptors (Lipinski definition) is 5. The first kappa shape index (κ1) is 43.2. The van der Waals surface area contributed by atoms with E-state index in [1.165, 1.54) is 56.1 Å². The van der Waals surface area contributed by atoms with Crippen LogP contribution in [0.3, 0.4) is 0 Å². The Labute approximate surface area is 357 Å². The minimum atomic E-state index is 0. The Hall–Kier alpha value is -7.19. The largest absolute Gasteiger partial charge is 0.508 e. The molecule has 5 heteroatoms. The highest BCUT2D eigenvalue weighted by atomic mass is 16.7. The monoisotopic (exact) mass is 765 g/mol. The Balaban J connectivity index is -0.0000000625. The summed E-state index contributed by atoms with van der Waals surface area (Å²) < 4.78 is 6.14. The fourth-order valence-corrected chi connectivity index (χ4v) is 8.25. The molecule has 1 aromatic rings. The van der Waals surface area contributed by atoms with E-state index < -0.39 is 0 Å². The summed E-state index contributed by atoms with van der Waals surface area (Å²) in [5, 5.41) is 9.86. The lowest BCUT2D eigenvalue weighted by molar-refractivity contribution is -0.158. The molecule has 56 heavy (non-hydrogen) atoms. The van der Waals surface area contributed by atoms with Gasteiger partial charge < -0.3 is 9.84 Å². The molecule has 0 bridgehead atoms. The van der Waals surface area contributed by atoms with Crippen LogP contribution in [0.25, 0.3) is 0 Å². The zero-order valence-electron chi connectivity index (χ0n) is 31.8. The third-order valence-corrected chi connectivity index (χ3v) is 10.6. The van der Waals surface area contributed by atoms with Crippen LogP contribution in [0, 0.1) is 176 Å². The first-order chi connectivity index (χ1) is 27.5. The van der Waals surface area contributed by atoms with Crippen molar-refractivity contribution in [3.8, 4) is 148 Å². The van der Waals surface area contributed by atoms with Crippen molar-refractivity contribution < 1.29 is 37.5 Å². The highest BCUT2D eigenvalue weighted by Gasteiger charge is 2.56. The molecule has 1 N–H and O–H groups in total. The van der Waals surface area contributed by atoms with Crippen molar-refractivity contribution in [1.82, 2.24) is 0 Å². The molecule has 0 heterocycles. The normalized spacial score (nSPS) is 20.6. The number of hydrogen-bond donors (Lipinski definition) is 1. The SMILES string of the molecule is C#CC#CC#CC#CC#CC#CC#CC#CC#CC#CC#CC#CC.CC12CCC3c4ccc(O)cc4CCC3C1CC[C@@H]2OC(=O)CCC1CCCC1.O=O.[HH].[HH].[HH].[HH].[HH].[HH].[HH].[HH].[HH].[HH].[HH].[HH].[HH].[HH].[HH].[HH]. The zero-order chi connectivity index (χ0) is 40.3. The number of benzene rings is 1. The van der Waals surface area contributed by atoms with Crippen molar-refractivity contribution in [3.05, 3.63) is 39.3 Å². The van der Waals surface area contributed by atoms with Crippen LogP contribution in [0.2, 0.25) is 0 Å². The molecule has 3 fully saturated rings. The van der Waals surface area contributed by atoms with Gasteiger partial charge >= 0.3 is 5.97 Å². The molecule has 306 valence electrons. The highest BCUT2D eigenvalue weighted by molar-refractivity contribution is 5.69. The molecule has 5 nitrogen and oxygen atoms in total. The van der Waals surface area contributed by atoms with Crippen LogP contribution >= 0.6 is 0 Å². The Kier molecular flexibility index (Phi) is 19.2. The molecule has 0 aromatic heterocycles. The van der Waals surface area contributed by atoms with Gasteiger partial charge in [-0.2, -0.15) is 0 Å². The molecule has 0 radical (unpaired) electrons. The number of phenolic OH excluding ortho intramolecular Hbond substituents is 1. The van der Waals surface area contributed by atoms with Gasteiger partial charge in [-0.15, -0.1) is 6.42 Å². The molecule has 1 aromatic carbocycles. The number of aromatic hydroxyl groups is 1. The molecule has 0 amide bonds. The zero-order valence-corrected chi connectivity index (χ0v) is 31.8. The fraction of sp³-hybridized carbons (Fsp3) is 0.392. The molecule has 4 aliphatic carbocycles. The van der Waals surface area contributed by atoms with E-state index in [1.807, 2.05) is 12.1 Å². The Morgan fingerprint density at radius 3 is 1.79 bits per heavy atom. The first-order valence-corrected chi connectivity index (χ1v) is 18.5. The van der Waals surface area contributed by atoms with Gasteiger partial charge in [-0.3, -0.25) is 4.79 Å². The summed E-state index contributed by atoms with van der Waals surface area (Å²) in [5.74, 6) is 60.1. The summed E-state index contributed by atoms with van der Waals surface area (Å²) in [6, 6.07) is 6.00. The van der Waals surface area contributed by atoms with Gasteiger partial charge in [0.2, 0.25) is 0 Å². The van der Waals surface area contributed by atoms with Gasteiger partial charge in [0.1, 0.15) is 11.9 Å². The van der Waals surface area contributed by atoms with Crippen LogP contribution in [0.15, 0.2) is 18.2 Å². The smallest absolute Gasteiger partial charge is 0.306 e. The van der Waals surface area contributed by atoms with E-state index >= 15 is 0 Å². The number of carbonyl (C=O) groups excluding carboxylic acids is 1. The Bertz CT molecular complexity index is 2420. The van der Waals surface area contributed by atoms with E-state index in [2.05, 4.69) is 149 Å². The molecule has 5 rings (SSSR count). The predicted molar refractivity (Wildman–Crippen MR) is 254 cm³/mol. The summed E-state index contributed by atoms with van der Waals surface area (Å²) in [4.78, 5) is 26.6. The molecule has 4 unspecified atom stereocenters. The quantitative estimate of drug-likeness (QED) is 0.244. The lowest BCUT2D eigenvalue weighted by atomic mass is 9.55. The maximum Gasteiger partial charge on any atom is 0.306 e. The maximum absolute atomic E-state index is 12.6. The Morgan fingerprint density at radius 2 is 1.27 bits per heavy atom. The third-order valence-electron chi connectivity index (χ3n) is 10.6. The molecule has 0 aliphatic heterocycles. The van der Waals surface area contributed by atoms with Gasteiger partial charge in [-0.1, -0.05) is 44.6 Å². The van der Waals surface area contributed by atoms with Gasteiger partial charge in [0.05, 0.1) is 0 Å². The minimum absolute atomic E-state index is 0. The van der Waals surface area contributed by atoms with E-state index in [0.717, 1.165) is 31.6 Å². The van der Waals surface area contributed by atoms with Gasteiger partial charge in [0.25, 0.3) is 0 Å². The maximum atomic E-state index is 12.6. The summed E-state index contributed by atoms with van der Waals surface area (Å²) in [5.41, 5.74) is 2.97. The van der Waals surface area contributed by atoms with Crippen molar-refractivity contribution in [2.24, 2.45) is 23.2 Å². The molecule has 0 saturated heterocycles. The lowest BCUT2D eigenvalue weighted by Gasteiger charge is -2.50. The molecule has 3 saturated carbocycles. The van der Waals surface area contributed by atoms with Crippen molar-refractivity contribution in [2.45, 2.75) is 103 Å². The summed E-state index contributed by atoms with van der Waals surface area (Å²) >= 11 is 0. The number of esters is 1. The second kappa shape index (κ2) is 24.9. The number of aryl methyl sites for hydroxylation is 1. The number of rotatable bonds is 4. The average molecular weight is 765 g/mol. The summed E-state index contributed by atoms with van der Waals surface area (Å²) in [7, 11) is 0. The van der Waals surface area contributed by atoms with Crippen LogP contribution in [0.4, 0.5) is 0 Å². The van der Waals surface area contributed by atoms with E-state index in [1.54, 1.807) is 6.92 Å². The van der Waals surface area contributed by atoms with Crippen LogP contribution < -0.4 is 0 Å². The van der Waals surface area contributed by atoms with E-state index in [-0.39, 0.29) is 40.3 Å². The van der Waals surface area contributed by atoms with Crippen molar-refractivity contribution >= 4 is 5.97 Å². The van der Waals surface area contributed by atoms with Gasteiger partial charge in [-0.05, 0) is 194 Å². The van der Waals surface area contributed by atoms with Crippen molar-refractivity contribution in [3.63, 3.8) is 0 Å². The molecule has 5 atom stereocenters. The molecular formula is C51H72O5. The topological polar surface area (TPSA) is 80.7 Å². The second-order valence-corrected chi connectivity index (χ2v) is 13.6. The molecule has 0 spiro atoms. The number of terminal acetylenes is 1. The standard InChI is InChI=1S/C26H36O3.C25H4.O2.16H2/c1-26-15-14-21-20-10-8-19(27)16-18(20)7-9-22(21)23(26)11-12-24(26)29-25(28)13-6-17-4-2-3-5-17;1-3-5-7-9-11-13-15-17-19-21-23-25-24-22-20-18-16-14-12-10-8-6-4-2;1-2;;;;;;;;;;;;;;;;/h8,10,16-17,21-24,27H,2-7,9,11-15H2,1H3;1H,2H3;;16*1H/t21?,22?,23?,24-,26?;;;;;;;;;;;;;;;;;;/m0................../s1. The van der Waals surface area contributed by atoms with E-state index in [9.17, 15) is 9.90 Å². The second-order valence-electron chi connectivity index (χ2n) is 13.6. The van der Waals surface area contributed by atoms with Gasteiger partial charge in [0, 0.05) is 80.1 Å². The van der Waals surface area contributed by atoms with Gasteiger partial charge in [-0.25, -0.2) is 0 Å².